The van der Waals surface area contributed by atoms with Crippen molar-refractivity contribution in [3.63, 3.8) is 0 Å². The predicted octanol–water partition coefficient (Wildman–Crippen LogP) is 7.61. The molecule has 0 heterocycles. The number of benzene rings is 3. The van der Waals surface area contributed by atoms with Crippen LogP contribution >= 0.6 is 0 Å². The number of rotatable bonds is 8. The van der Waals surface area contributed by atoms with Gasteiger partial charge < -0.3 is 9.84 Å². The Bertz CT molecular complexity index is 1220. The minimum atomic E-state index is -0.445. The molecule has 1 aliphatic rings. The Hall–Kier alpha value is -3.24. The summed E-state index contributed by atoms with van der Waals surface area (Å²) < 4.78 is 20.5. The van der Waals surface area contributed by atoms with Crippen LogP contribution in [0.3, 0.4) is 0 Å². The number of hydrogen-bond donors (Lipinski definition) is 1. The van der Waals surface area contributed by atoms with E-state index in [1.807, 2.05) is 18.2 Å². The maximum absolute atomic E-state index is 15.3. The summed E-state index contributed by atoms with van der Waals surface area (Å²) >= 11 is 0. The lowest BCUT2D eigenvalue weighted by Crippen LogP contribution is -2.10. The molecule has 0 atom stereocenters. The van der Waals surface area contributed by atoms with Crippen molar-refractivity contribution in [1.82, 2.24) is 0 Å². The first-order valence-corrected chi connectivity index (χ1v) is 12.8. The number of aliphatic hydroxyl groups excluding tert-OH is 1. The molecule has 0 amide bonds. The molecule has 3 nitrogen and oxygen atoms in total. The van der Waals surface area contributed by atoms with Crippen LogP contribution in [0.1, 0.15) is 62.1 Å². The van der Waals surface area contributed by atoms with Crippen molar-refractivity contribution in [1.29, 1.82) is 0 Å². The van der Waals surface area contributed by atoms with Crippen LogP contribution in [0, 0.1) is 11.7 Å². The third kappa shape index (κ3) is 6.11. The first-order chi connectivity index (χ1) is 17.4. The van der Waals surface area contributed by atoms with E-state index in [0.29, 0.717) is 23.5 Å². The van der Waals surface area contributed by atoms with Gasteiger partial charge in [0.1, 0.15) is 5.82 Å². The highest BCUT2D eigenvalue weighted by molar-refractivity contribution is 5.86. The third-order valence-corrected chi connectivity index (χ3v) is 7.34. The lowest BCUT2D eigenvalue weighted by atomic mass is 9.79. The highest BCUT2D eigenvalue weighted by Gasteiger charge is 2.19. The number of halogens is 1. The number of carbonyl (C=O) groups excluding carboxylic acids is 1. The first kappa shape index (κ1) is 25.8. The Morgan fingerprint density at radius 1 is 0.944 bits per heavy atom. The minimum absolute atomic E-state index is 0.138. The predicted molar refractivity (Wildman–Crippen MR) is 143 cm³/mol. The van der Waals surface area contributed by atoms with E-state index < -0.39 is 5.97 Å². The summed E-state index contributed by atoms with van der Waals surface area (Å²) in [5, 5.41) is 9.71. The van der Waals surface area contributed by atoms with Crippen LogP contribution in [0.5, 0.6) is 0 Å². The molecule has 1 N–H and O–H groups in total. The van der Waals surface area contributed by atoms with Crippen molar-refractivity contribution in [3.05, 3.63) is 95.3 Å². The second-order valence-electron chi connectivity index (χ2n) is 10.1. The van der Waals surface area contributed by atoms with Crippen LogP contribution in [0.2, 0.25) is 0 Å². The molecule has 36 heavy (non-hydrogen) atoms. The van der Waals surface area contributed by atoms with Gasteiger partial charge in [-0.15, -0.1) is 0 Å². The number of ether oxygens (including phenoxy) is 1. The molecule has 3 aromatic carbocycles. The van der Waals surface area contributed by atoms with Crippen LogP contribution in [-0.4, -0.2) is 17.7 Å². The fourth-order valence-corrected chi connectivity index (χ4v) is 5.03. The molecule has 0 spiro atoms. The van der Waals surface area contributed by atoms with Gasteiger partial charge in [-0.2, -0.15) is 0 Å². The van der Waals surface area contributed by atoms with E-state index in [1.54, 1.807) is 25.1 Å². The van der Waals surface area contributed by atoms with Crippen molar-refractivity contribution < 1.29 is 19.0 Å². The smallest absolute Gasteiger partial charge is 0.333 e. The molecule has 0 unspecified atom stereocenters. The van der Waals surface area contributed by atoms with Crippen LogP contribution in [-0.2, 0) is 22.6 Å². The first-order valence-electron chi connectivity index (χ1n) is 12.8. The Balaban J connectivity index is 1.50. The standard InChI is InChI=1S/C32H35FO3/c1-21(2)32(35)36-17-16-27-18-28(12-13-29(27)20-34)30-15-14-26(19-31(30)33)25-10-8-24(9-11-25)23-6-4-22(3)5-7-23/h8-15,18-19,22-23,34H,1,4-7,16-17,20H2,2-3H3. The number of esters is 1. The highest BCUT2D eigenvalue weighted by Crippen LogP contribution is 2.36. The molecule has 4 heteroatoms. The second-order valence-corrected chi connectivity index (χ2v) is 10.1. The zero-order valence-electron chi connectivity index (χ0n) is 21.2. The lowest BCUT2D eigenvalue weighted by molar-refractivity contribution is -0.138. The van der Waals surface area contributed by atoms with Gasteiger partial charge in [-0.1, -0.05) is 80.9 Å². The fraction of sp³-hybridized carbons (Fsp3) is 0.344. The fourth-order valence-electron chi connectivity index (χ4n) is 5.03. The van der Waals surface area contributed by atoms with Gasteiger partial charge in [0.15, 0.2) is 0 Å². The monoisotopic (exact) mass is 486 g/mol. The average molecular weight is 487 g/mol. The molecular weight excluding hydrogens is 451 g/mol. The van der Waals surface area contributed by atoms with Gasteiger partial charge in [0, 0.05) is 17.6 Å². The molecule has 1 fully saturated rings. The summed E-state index contributed by atoms with van der Waals surface area (Å²) in [6, 6.07) is 19.4. The van der Waals surface area contributed by atoms with Gasteiger partial charge in [0.05, 0.1) is 13.2 Å². The molecule has 1 aliphatic carbocycles. The zero-order valence-corrected chi connectivity index (χ0v) is 21.2. The molecule has 3 aromatic rings. The maximum atomic E-state index is 15.3. The molecule has 0 aliphatic heterocycles. The number of carbonyl (C=O) groups is 1. The van der Waals surface area contributed by atoms with Crippen LogP contribution in [0.25, 0.3) is 22.3 Å². The van der Waals surface area contributed by atoms with E-state index in [-0.39, 0.29) is 19.0 Å². The molecular formula is C32H35FO3. The zero-order chi connectivity index (χ0) is 25.7. The van der Waals surface area contributed by atoms with Gasteiger partial charge >= 0.3 is 5.97 Å². The van der Waals surface area contributed by atoms with Crippen molar-refractivity contribution >= 4 is 5.97 Å². The highest BCUT2D eigenvalue weighted by atomic mass is 19.1. The Morgan fingerprint density at radius 2 is 1.61 bits per heavy atom. The SMILES string of the molecule is C=C(C)C(=O)OCCc1cc(-c2ccc(-c3ccc(C4CCC(C)CC4)cc3)cc2F)ccc1CO. The van der Waals surface area contributed by atoms with Crippen LogP contribution < -0.4 is 0 Å². The van der Waals surface area contributed by atoms with E-state index in [1.165, 1.54) is 31.2 Å². The van der Waals surface area contributed by atoms with E-state index in [9.17, 15) is 9.90 Å². The minimum Gasteiger partial charge on any atom is -0.462 e. The average Bonchev–Trinajstić information content (AvgIpc) is 2.89. The van der Waals surface area contributed by atoms with Crippen molar-refractivity contribution in [3.8, 4) is 22.3 Å². The summed E-state index contributed by atoms with van der Waals surface area (Å²) in [6.45, 7) is 7.54. The Labute approximate surface area is 213 Å². The number of aliphatic hydroxyl groups is 1. The summed E-state index contributed by atoms with van der Waals surface area (Å²) in [4.78, 5) is 11.7. The summed E-state index contributed by atoms with van der Waals surface area (Å²) in [6.07, 6.45) is 5.50. The van der Waals surface area contributed by atoms with Crippen LogP contribution in [0.15, 0.2) is 72.8 Å². The quantitative estimate of drug-likeness (QED) is 0.263. The Kier molecular flexibility index (Phi) is 8.37. The summed E-state index contributed by atoms with van der Waals surface area (Å²) in [5.74, 6) is 0.723. The van der Waals surface area contributed by atoms with Crippen LogP contribution in [0.4, 0.5) is 4.39 Å². The van der Waals surface area contributed by atoms with E-state index >= 15 is 4.39 Å². The lowest BCUT2D eigenvalue weighted by Gasteiger charge is -2.26. The molecule has 0 radical (unpaired) electrons. The van der Waals surface area contributed by atoms with E-state index in [2.05, 4.69) is 37.8 Å². The Morgan fingerprint density at radius 3 is 2.25 bits per heavy atom. The molecule has 188 valence electrons. The normalized spacial score (nSPS) is 17.6. The molecule has 0 saturated heterocycles. The molecule has 0 bridgehead atoms. The van der Waals surface area contributed by atoms with E-state index in [4.69, 9.17) is 4.74 Å². The molecule has 0 aromatic heterocycles. The van der Waals surface area contributed by atoms with Gasteiger partial charge in [0.2, 0.25) is 0 Å². The van der Waals surface area contributed by atoms with Crippen molar-refractivity contribution in [2.75, 3.05) is 6.61 Å². The van der Waals surface area contributed by atoms with Crippen molar-refractivity contribution in [2.24, 2.45) is 5.92 Å². The largest absolute Gasteiger partial charge is 0.462 e. The summed E-state index contributed by atoms with van der Waals surface area (Å²) in [5.41, 5.74) is 6.34. The topological polar surface area (TPSA) is 46.5 Å². The van der Waals surface area contributed by atoms with Gasteiger partial charge in [0.25, 0.3) is 0 Å². The maximum Gasteiger partial charge on any atom is 0.333 e. The van der Waals surface area contributed by atoms with E-state index in [0.717, 1.165) is 33.7 Å². The summed E-state index contributed by atoms with van der Waals surface area (Å²) in [7, 11) is 0. The van der Waals surface area contributed by atoms with Gasteiger partial charge in [-0.05, 0) is 71.0 Å². The third-order valence-electron chi connectivity index (χ3n) is 7.34. The second kappa shape index (κ2) is 11.7. The molecule has 1 saturated carbocycles. The van der Waals surface area contributed by atoms with Crippen molar-refractivity contribution in [2.45, 2.75) is 58.5 Å². The number of hydrogen-bond acceptors (Lipinski definition) is 3. The van der Waals surface area contributed by atoms with Gasteiger partial charge in [-0.3, -0.25) is 0 Å². The molecule has 4 rings (SSSR count). The van der Waals surface area contributed by atoms with Gasteiger partial charge in [-0.25, -0.2) is 9.18 Å².